The first-order chi connectivity index (χ1) is 24.0. The van der Waals surface area contributed by atoms with Gasteiger partial charge in [-0.2, -0.15) is 36.5 Å². The van der Waals surface area contributed by atoms with E-state index in [1.807, 2.05) is 78.9 Å². The number of nitrogens with zero attached hydrogens (tertiary/aromatic N) is 5. The van der Waals surface area contributed by atoms with Crippen molar-refractivity contribution in [3.8, 4) is 22.8 Å². The van der Waals surface area contributed by atoms with Gasteiger partial charge in [0.2, 0.25) is 0 Å². The SMILES string of the molecule is FC(F)(F)c1cc(-c2cccc(C3(c4cccc(-c5cc(C(F)(F)F)[nH]n5)n4)c4ccccc4N(c4ccccc4)c4ccccc43)n2)n[nH]1. The lowest BCUT2D eigenvalue weighted by molar-refractivity contribution is -0.142. The number of halogens is 6. The molecule has 7 nitrogen and oxygen atoms in total. The van der Waals surface area contributed by atoms with Crippen LogP contribution in [0.2, 0.25) is 0 Å². The van der Waals surface area contributed by atoms with Crippen molar-refractivity contribution >= 4 is 17.1 Å². The number of rotatable bonds is 5. The predicted octanol–water partition coefficient (Wildman–Crippen LogP) is 9.46. The minimum atomic E-state index is -4.64. The van der Waals surface area contributed by atoms with E-state index < -0.39 is 29.2 Å². The van der Waals surface area contributed by atoms with Crippen LogP contribution in [0.15, 0.2) is 127 Å². The summed E-state index contributed by atoms with van der Waals surface area (Å²) in [6.45, 7) is 0. The maximum Gasteiger partial charge on any atom is 0.432 e. The second kappa shape index (κ2) is 11.4. The van der Waals surface area contributed by atoms with Crippen molar-refractivity contribution in [3.05, 3.63) is 161 Å². The number of fused-ring (bicyclic) bond motifs is 2. The van der Waals surface area contributed by atoms with Gasteiger partial charge in [0, 0.05) is 5.69 Å². The van der Waals surface area contributed by atoms with Crippen molar-refractivity contribution in [2.45, 2.75) is 17.8 Å². The molecule has 0 amide bonds. The van der Waals surface area contributed by atoms with E-state index in [9.17, 15) is 26.3 Å². The molecule has 0 spiro atoms. The molecule has 5 heterocycles. The zero-order chi connectivity index (χ0) is 34.7. The van der Waals surface area contributed by atoms with Crippen LogP contribution in [0.5, 0.6) is 0 Å². The maximum absolute atomic E-state index is 13.5. The zero-order valence-corrected chi connectivity index (χ0v) is 25.6. The Morgan fingerprint density at radius 1 is 0.480 bits per heavy atom. The molecule has 0 atom stereocenters. The van der Waals surface area contributed by atoms with E-state index in [2.05, 4.69) is 25.3 Å². The standard InChI is InChI=1S/C37H23F6N7/c38-36(39,40)33-20-27(46-48-33)25-14-8-18-31(44-25)35(32-19-9-15-26(45-32)28-21-34(49-47-28)37(41,42)43)23-12-4-6-16-29(23)50(22-10-2-1-3-11-22)30-17-7-5-13-24(30)35/h1-21H,(H,46,48)(H,47,49). The van der Waals surface area contributed by atoms with Gasteiger partial charge < -0.3 is 4.90 Å². The molecule has 4 aromatic heterocycles. The van der Waals surface area contributed by atoms with Crippen LogP contribution < -0.4 is 4.90 Å². The largest absolute Gasteiger partial charge is 0.432 e. The van der Waals surface area contributed by atoms with Crippen LogP contribution in [0.3, 0.4) is 0 Å². The number of alkyl halides is 6. The van der Waals surface area contributed by atoms with E-state index in [-0.39, 0.29) is 22.8 Å². The molecule has 0 radical (unpaired) electrons. The number of benzene rings is 3. The molecule has 248 valence electrons. The summed E-state index contributed by atoms with van der Waals surface area (Å²) in [5.41, 5.74) is 1.63. The monoisotopic (exact) mass is 679 g/mol. The Labute approximate surface area is 280 Å². The molecule has 7 aromatic rings. The van der Waals surface area contributed by atoms with Crippen molar-refractivity contribution < 1.29 is 26.3 Å². The summed E-state index contributed by atoms with van der Waals surface area (Å²) in [6.07, 6.45) is -9.29. The Hall–Kier alpha value is -6.24. The highest BCUT2D eigenvalue weighted by Gasteiger charge is 2.49. The quantitative estimate of drug-likeness (QED) is 0.177. The molecule has 13 heteroatoms. The topological polar surface area (TPSA) is 86.4 Å². The lowest BCUT2D eigenvalue weighted by Gasteiger charge is -2.45. The smallest absolute Gasteiger partial charge is 0.310 e. The number of hydrogen-bond acceptors (Lipinski definition) is 5. The van der Waals surface area contributed by atoms with E-state index in [0.29, 0.717) is 11.4 Å². The Morgan fingerprint density at radius 2 is 0.920 bits per heavy atom. The summed E-state index contributed by atoms with van der Waals surface area (Å²) in [5, 5.41) is 11.9. The Bertz CT molecular complexity index is 2200. The first-order valence-corrected chi connectivity index (χ1v) is 15.3. The molecule has 0 saturated heterocycles. The summed E-state index contributed by atoms with van der Waals surface area (Å²) in [4.78, 5) is 12.0. The molecule has 0 saturated carbocycles. The minimum Gasteiger partial charge on any atom is -0.310 e. The van der Waals surface area contributed by atoms with Gasteiger partial charge in [-0.15, -0.1) is 0 Å². The Balaban J connectivity index is 1.43. The van der Waals surface area contributed by atoms with Crippen LogP contribution in [0, 0.1) is 0 Å². The van der Waals surface area contributed by atoms with Crippen molar-refractivity contribution in [1.29, 1.82) is 0 Å². The number of hydrogen-bond donors (Lipinski definition) is 2. The summed E-state index contributed by atoms with van der Waals surface area (Å²) in [7, 11) is 0. The van der Waals surface area contributed by atoms with E-state index in [1.165, 1.54) is 0 Å². The van der Waals surface area contributed by atoms with Crippen LogP contribution in [0.1, 0.15) is 33.9 Å². The van der Waals surface area contributed by atoms with Gasteiger partial charge >= 0.3 is 12.4 Å². The van der Waals surface area contributed by atoms with Crippen LogP contribution in [-0.4, -0.2) is 30.4 Å². The van der Waals surface area contributed by atoms with Crippen molar-refractivity contribution in [2.24, 2.45) is 0 Å². The predicted molar refractivity (Wildman–Crippen MR) is 174 cm³/mol. The van der Waals surface area contributed by atoms with E-state index in [0.717, 1.165) is 40.3 Å². The fourth-order valence-electron chi connectivity index (χ4n) is 6.55. The molecule has 2 N–H and O–H groups in total. The second-order valence-corrected chi connectivity index (χ2v) is 11.6. The number of aromatic nitrogens is 6. The molecule has 50 heavy (non-hydrogen) atoms. The van der Waals surface area contributed by atoms with Crippen LogP contribution in [-0.2, 0) is 17.8 Å². The van der Waals surface area contributed by atoms with Gasteiger partial charge in [-0.3, -0.25) is 10.2 Å². The van der Waals surface area contributed by atoms with Gasteiger partial charge in [0.1, 0.15) is 28.2 Å². The second-order valence-electron chi connectivity index (χ2n) is 11.6. The van der Waals surface area contributed by atoms with E-state index in [4.69, 9.17) is 9.97 Å². The maximum atomic E-state index is 13.5. The van der Waals surface area contributed by atoms with E-state index in [1.54, 1.807) is 36.4 Å². The third-order valence-electron chi connectivity index (χ3n) is 8.67. The number of H-pyrrole nitrogens is 2. The van der Waals surface area contributed by atoms with Gasteiger partial charge in [-0.1, -0.05) is 66.7 Å². The first kappa shape index (κ1) is 31.1. The average molecular weight is 680 g/mol. The first-order valence-electron chi connectivity index (χ1n) is 15.3. The molecule has 1 aliphatic rings. The number of aromatic amines is 2. The summed E-state index contributed by atoms with van der Waals surface area (Å²) < 4.78 is 81.3. The molecule has 0 fully saturated rings. The van der Waals surface area contributed by atoms with Gasteiger partial charge in [-0.05, 0) is 71.8 Å². The Kier molecular flexibility index (Phi) is 7.10. The Morgan fingerprint density at radius 3 is 1.36 bits per heavy atom. The average Bonchev–Trinajstić information content (AvgIpc) is 3.83. The van der Waals surface area contributed by atoms with Gasteiger partial charge in [0.15, 0.2) is 0 Å². The van der Waals surface area contributed by atoms with Crippen LogP contribution in [0.25, 0.3) is 22.8 Å². The highest BCUT2D eigenvalue weighted by Crippen LogP contribution is 2.57. The third-order valence-corrected chi connectivity index (χ3v) is 8.67. The van der Waals surface area contributed by atoms with Crippen molar-refractivity contribution in [2.75, 3.05) is 4.90 Å². The third kappa shape index (κ3) is 5.00. The number of anilines is 3. The van der Waals surface area contributed by atoms with Crippen molar-refractivity contribution in [1.82, 2.24) is 30.4 Å². The molecule has 8 rings (SSSR count). The highest BCUT2D eigenvalue weighted by atomic mass is 19.4. The van der Waals surface area contributed by atoms with E-state index >= 15 is 0 Å². The summed E-state index contributed by atoms with van der Waals surface area (Å²) in [6, 6.07) is 36.8. The normalized spacial score (nSPS) is 13.9. The lowest BCUT2D eigenvalue weighted by Crippen LogP contribution is -2.39. The van der Waals surface area contributed by atoms with Gasteiger partial charge in [0.25, 0.3) is 0 Å². The minimum absolute atomic E-state index is 0.0180. The molecule has 0 unspecified atom stereocenters. The highest BCUT2D eigenvalue weighted by molar-refractivity contribution is 5.89. The van der Waals surface area contributed by atoms with Gasteiger partial charge in [0.05, 0.1) is 34.2 Å². The molecule has 3 aromatic carbocycles. The van der Waals surface area contributed by atoms with Crippen LogP contribution in [0.4, 0.5) is 43.4 Å². The van der Waals surface area contributed by atoms with Crippen LogP contribution >= 0.6 is 0 Å². The molecule has 0 aliphatic carbocycles. The lowest BCUT2D eigenvalue weighted by atomic mass is 9.65. The molecular formula is C37H23F6N7. The zero-order valence-electron chi connectivity index (χ0n) is 25.6. The summed E-state index contributed by atoms with van der Waals surface area (Å²) >= 11 is 0. The molecule has 0 bridgehead atoms. The number of nitrogens with one attached hydrogen (secondary N) is 2. The fourth-order valence-corrected chi connectivity index (χ4v) is 6.55. The van der Waals surface area contributed by atoms with Crippen molar-refractivity contribution in [3.63, 3.8) is 0 Å². The number of pyridine rings is 2. The molecular weight excluding hydrogens is 656 g/mol. The number of para-hydroxylation sites is 3. The molecule has 1 aliphatic heterocycles. The fraction of sp³-hybridized carbons (Fsp3) is 0.0811. The van der Waals surface area contributed by atoms with Gasteiger partial charge in [-0.25, -0.2) is 9.97 Å². The summed E-state index contributed by atoms with van der Waals surface area (Å²) in [5.74, 6) is 0.